The lowest BCUT2D eigenvalue weighted by Crippen LogP contribution is -2.34. The van der Waals surface area contributed by atoms with Crippen molar-refractivity contribution in [3.63, 3.8) is 0 Å². The second kappa shape index (κ2) is 6.86. The Balaban J connectivity index is 1.36. The molecule has 2 amide bonds. The van der Waals surface area contributed by atoms with Gasteiger partial charge in [0.05, 0.1) is 6.54 Å². The fourth-order valence-corrected chi connectivity index (χ4v) is 3.18. The van der Waals surface area contributed by atoms with Crippen LogP contribution in [-0.2, 0) is 7.05 Å². The highest BCUT2D eigenvalue weighted by Crippen LogP contribution is 2.34. The summed E-state index contributed by atoms with van der Waals surface area (Å²) < 4.78 is 18.1. The zero-order chi connectivity index (χ0) is 19.0. The minimum absolute atomic E-state index is 0.111. The number of ether oxygens (including phenoxy) is 3. The van der Waals surface area contributed by atoms with E-state index in [-0.39, 0.29) is 24.5 Å². The summed E-state index contributed by atoms with van der Waals surface area (Å²) in [7, 11) is 1.72. The van der Waals surface area contributed by atoms with Crippen LogP contribution >= 0.6 is 0 Å². The monoisotopic (exact) mass is 371 g/mol. The molecule has 8 nitrogen and oxygen atoms in total. The van der Waals surface area contributed by atoms with Crippen molar-refractivity contribution < 1.29 is 19.0 Å². The quantitative estimate of drug-likeness (QED) is 0.894. The van der Waals surface area contributed by atoms with E-state index in [0.29, 0.717) is 42.4 Å². The molecule has 2 aliphatic heterocycles. The van der Waals surface area contributed by atoms with Crippen molar-refractivity contribution in [2.24, 2.45) is 7.05 Å². The number of likely N-dealkylation sites (tertiary alicyclic amines) is 1. The van der Waals surface area contributed by atoms with Crippen LogP contribution in [0.1, 0.15) is 12.1 Å². The van der Waals surface area contributed by atoms with Gasteiger partial charge in [0.1, 0.15) is 11.9 Å². The molecule has 2 aromatic rings. The second-order valence-electron chi connectivity index (χ2n) is 6.70. The molecule has 1 atom stereocenters. The summed E-state index contributed by atoms with van der Waals surface area (Å²) in [5.74, 6) is 1.84. The van der Waals surface area contributed by atoms with Crippen LogP contribution in [0.4, 0.5) is 10.5 Å². The summed E-state index contributed by atoms with van der Waals surface area (Å²) in [5, 5.41) is 2.87. The number of anilines is 1. The number of aromatic nitrogens is 1. The predicted octanol–water partition coefficient (Wildman–Crippen LogP) is 2.11. The van der Waals surface area contributed by atoms with Crippen molar-refractivity contribution in [2.45, 2.75) is 19.4 Å². The lowest BCUT2D eigenvalue weighted by atomic mass is 10.3. The molecule has 1 N–H and O–H groups in total. The molecule has 27 heavy (non-hydrogen) atoms. The Labute approximate surface area is 156 Å². The summed E-state index contributed by atoms with van der Waals surface area (Å²) in [4.78, 5) is 26.1. The van der Waals surface area contributed by atoms with Gasteiger partial charge in [-0.2, -0.15) is 0 Å². The molecule has 0 bridgehead atoms. The van der Waals surface area contributed by atoms with E-state index < -0.39 is 0 Å². The average Bonchev–Trinajstić information content (AvgIpc) is 3.28. The molecule has 3 heterocycles. The standard InChI is InChI=1S/C19H21N3O5/c1-12-7-15(9-18(23)21(12)2)27-14-5-6-22(10-14)19(24)20-13-3-4-16-17(8-13)26-11-25-16/h3-4,7-9,14H,5-6,10-11H2,1-2H3,(H,20,24). The Kier molecular flexibility index (Phi) is 4.39. The van der Waals surface area contributed by atoms with E-state index in [0.717, 1.165) is 5.69 Å². The Morgan fingerprint density at radius 2 is 2.04 bits per heavy atom. The third kappa shape index (κ3) is 3.55. The van der Waals surface area contributed by atoms with Gasteiger partial charge in [-0.05, 0) is 25.1 Å². The summed E-state index contributed by atoms with van der Waals surface area (Å²) in [6.07, 6.45) is 0.571. The number of aryl methyl sites for hydroxylation is 1. The smallest absolute Gasteiger partial charge is 0.321 e. The van der Waals surface area contributed by atoms with Gasteiger partial charge >= 0.3 is 6.03 Å². The van der Waals surface area contributed by atoms with Crippen LogP contribution in [0.25, 0.3) is 0 Å². The Bertz CT molecular complexity index is 939. The van der Waals surface area contributed by atoms with Crippen molar-refractivity contribution in [2.75, 3.05) is 25.2 Å². The average molecular weight is 371 g/mol. The van der Waals surface area contributed by atoms with Gasteiger partial charge in [0.15, 0.2) is 11.5 Å². The molecule has 1 saturated heterocycles. The van der Waals surface area contributed by atoms with E-state index in [4.69, 9.17) is 14.2 Å². The molecular formula is C19H21N3O5. The number of urea groups is 1. The number of carbonyl (C=O) groups is 1. The van der Waals surface area contributed by atoms with Gasteiger partial charge in [-0.25, -0.2) is 4.79 Å². The Morgan fingerprint density at radius 3 is 2.85 bits per heavy atom. The molecule has 0 aliphatic carbocycles. The van der Waals surface area contributed by atoms with Crippen molar-refractivity contribution in [3.8, 4) is 17.2 Å². The Morgan fingerprint density at radius 1 is 1.22 bits per heavy atom. The minimum atomic E-state index is -0.194. The van der Waals surface area contributed by atoms with E-state index in [1.807, 2.05) is 13.0 Å². The number of nitrogens with zero attached hydrogens (tertiary/aromatic N) is 2. The number of fused-ring (bicyclic) bond motifs is 1. The third-order valence-electron chi connectivity index (χ3n) is 4.84. The first kappa shape index (κ1) is 17.3. The van der Waals surface area contributed by atoms with E-state index in [9.17, 15) is 9.59 Å². The molecule has 0 saturated carbocycles. The minimum Gasteiger partial charge on any atom is -0.488 e. The molecule has 0 radical (unpaired) electrons. The van der Waals surface area contributed by atoms with E-state index in [1.165, 1.54) is 6.07 Å². The van der Waals surface area contributed by atoms with Gasteiger partial charge in [-0.15, -0.1) is 0 Å². The number of amides is 2. The highest BCUT2D eigenvalue weighted by molar-refractivity contribution is 5.90. The first-order chi connectivity index (χ1) is 13.0. The van der Waals surface area contributed by atoms with Gasteiger partial charge in [0, 0.05) is 43.5 Å². The third-order valence-corrected chi connectivity index (χ3v) is 4.84. The Hall–Kier alpha value is -3.16. The fourth-order valence-electron chi connectivity index (χ4n) is 3.18. The molecule has 4 rings (SSSR count). The van der Waals surface area contributed by atoms with Gasteiger partial charge < -0.3 is 29.0 Å². The second-order valence-corrected chi connectivity index (χ2v) is 6.70. The molecule has 1 aromatic carbocycles. The van der Waals surface area contributed by atoms with Gasteiger partial charge in [-0.1, -0.05) is 0 Å². The summed E-state index contributed by atoms with van der Waals surface area (Å²) in [5.41, 5.74) is 1.36. The molecule has 8 heteroatoms. The summed E-state index contributed by atoms with van der Waals surface area (Å²) in [6.45, 7) is 3.10. The zero-order valence-corrected chi connectivity index (χ0v) is 15.2. The van der Waals surface area contributed by atoms with Crippen LogP contribution in [0.5, 0.6) is 17.2 Å². The van der Waals surface area contributed by atoms with Crippen molar-refractivity contribution in [1.82, 2.24) is 9.47 Å². The van der Waals surface area contributed by atoms with E-state index in [1.54, 1.807) is 34.7 Å². The summed E-state index contributed by atoms with van der Waals surface area (Å²) >= 11 is 0. The van der Waals surface area contributed by atoms with Gasteiger partial charge in [0.2, 0.25) is 6.79 Å². The SMILES string of the molecule is Cc1cc(OC2CCN(C(=O)Nc3ccc4c(c3)OCO4)C2)cc(=O)n1C. The maximum atomic E-state index is 12.5. The maximum Gasteiger partial charge on any atom is 0.321 e. The van der Waals surface area contributed by atoms with Crippen LogP contribution in [0, 0.1) is 6.92 Å². The first-order valence-corrected chi connectivity index (χ1v) is 8.79. The molecule has 2 aliphatic rings. The van der Waals surface area contributed by atoms with Crippen LogP contribution in [0.2, 0.25) is 0 Å². The lowest BCUT2D eigenvalue weighted by Gasteiger charge is -2.18. The predicted molar refractivity (Wildman–Crippen MR) is 98.6 cm³/mol. The molecule has 1 aromatic heterocycles. The van der Waals surface area contributed by atoms with Crippen LogP contribution < -0.4 is 25.1 Å². The topological polar surface area (TPSA) is 82.0 Å². The van der Waals surface area contributed by atoms with Crippen LogP contribution in [0.3, 0.4) is 0 Å². The number of nitrogens with one attached hydrogen (secondary N) is 1. The van der Waals surface area contributed by atoms with E-state index >= 15 is 0 Å². The largest absolute Gasteiger partial charge is 0.488 e. The van der Waals surface area contributed by atoms with Crippen LogP contribution in [0.15, 0.2) is 35.1 Å². The number of hydrogen-bond acceptors (Lipinski definition) is 5. The molecular weight excluding hydrogens is 350 g/mol. The number of pyridine rings is 1. The van der Waals surface area contributed by atoms with Gasteiger partial charge in [-0.3, -0.25) is 4.79 Å². The van der Waals surface area contributed by atoms with E-state index in [2.05, 4.69) is 5.32 Å². The highest BCUT2D eigenvalue weighted by atomic mass is 16.7. The molecule has 142 valence electrons. The number of benzene rings is 1. The fraction of sp³-hybridized carbons (Fsp3) is 0.368. The highest BCUT2D eigenvalue weighted by Gasteiger charge is 2.28. The van der Waals surface area contributed by atoms with Crippen molar-refractivity contribution >= 4 is 11.7 Å². The summed E-state index contributed by atoms with van der Waals surface area (Å²) in [6, 6.07) is 8.40. The molecule has 0 spiro atoms. The lowest BCUT2D eigenvalue weighted by molar-refractivity contribution is 0.174. The van der Waals surface area contributed by atoms with Crippen LogP contribution in [-0.4, -0.2) is 41.5 Å². The van der Waals surface area contributed by atoms with Crippen molar-refractivity contribution in [1.29, 1.82) is 0 Å². The first-order valence-electron chi connectivity index (χ1n) is 8.79. The number of hydrogen-bond donors (Lipinski definition) is 1. The number of rotatable bonds is 3. The molecule has 1 fully saturated rings. The molecule has 1 unspecified atom stereocenters. The normalized spacial score (nSPS) is 17.9. The maximum absolute atomic E-state index is 12.5. The van der Waals surface area contributed by atoms with Gasteiger partial charge in [0.25, 0.3) is 5.56 Å². The zero-order valence-electron chi connectivity index (χ0n) is 15.2. The van der Waals surface area contributed by atoms with Crippen molar-refractivity contribution in [3.05, 3.63) is 46.4 Å². The number of carbonyl (C=O) groups excluding carboxylic acids is 1.